The topological polar surface area (TPSA) is 75.5 Å². The predicted molar refractivity (Wildman–Crippen MR) is 113 cm³/mol. The Hall–Kier alpha value is -2.86. The Labute approximate surface area is 172 Å². The van der Waals surface area contributed by atoms with E-state index in [9.17, 15) is 4.79 Å². The van der Waals surface area contributed by atoms with E-state index in [0.717, 1.165) is 31.9 Å². The number of rotatable bonds is 6. The molecule has 0 atom stereocenters. The fourth-order valence-electron chi connectivity index (χ4n) is 2.97. The summed E-state index contributed by atoms with van der Waals surface area (Å²) in [5, 5.41) is 4.77. The average Bonchev–Trinajstić information content (AvgIpc) is 2.69. The third kappa shape index (κ3) is 4.89. The van der Waals surface area contributed by atoms with Crippen molar-refractivity contribution in [1.82, 2.24) is 0 Å². The lowest BCUT2D eigenvalue weighted by molar-refractivity contribution is -0.725. The fraction of sp³-hybridized carbons (Fsp3) is 0.182. The van der Waals surface area contributed by atoms with E-state index in [4.69, 9.17) is 15.3 Å². The third-order valence-corrected chi connectivity index (χ3v) is 5.57. The number of aryl methyl sites for hydroxylation is 2. The zero-order valence-corrected chi connectivity index (χ0v) is 17.4. The van der Waals surface area contributed by atoms with Crippen LogP contribution in [0.15, 0.2) is 59.1 Å². The van der Waals surface area contributed by atoms with Gasteiger partial charge in [-0.1, -0.05) is 63.6 Å². The summed E-state index contributed by atoms with van der Waals surface area (Å²) in [6.07, 6.45) is 0.445. The Morgan fingerprint density at radius 1 is 1.07 bits per heavy atom. The first kappa shape index (κ1) is 19.9. The van der Waals surface area contributed by atoms with Gasteiger partial charge in [0, 0.05) is 4.47 Å². The van der Waals surface area contributed by atoms with Crippen LogP contribution in [-0.2, 0) is 16.1 Å². The molecule has 3 rings (SSSR count). The molecule has 0 fully saturated rings. The molecule has 144 valence electrons. The largest absolute Gasteiger partial charge is 0.482 e. The standard InChI is InChI=1S/C22H21BrN2O3/c1-14-10-18(11-15(2)22(14)23)27-13-21(26)28-25-20(24)12-17-8-5-7-16-6-3-4-9-19(16)17/h3-11H,12-13H2,1-2H3,(H2,24,25)/p+1. The van der Waals surface area contributed by atoms with Crippen LogP contribution < -0.4 is 15.6 Å². The highest BCUT2D eigenvalue weighted by Gasteiger charge is 2.11. The molecule has 0 aliphatic carbocycles. The molecule has 0 bridgehead atoms. The number of halogens is 1. The van der Waals surface area contributed by atoms with Crippen LogP contribution in [0.25, 0.3) is 10.8 Å². The van der Waals surface area contributed by atoms with E-state index in [2.05, 4.69) is 21.1 Å². The van der Waals surface area contributed by atoms with Crippen LogP contribution in [0.5, 0.6) is 5.75 Å². The van der Waals surface area contributed by atoms with Gasteiger partial charge in [0.1, 0.15) is 5.75 Å². The van der Waals surface area contributed by atoms with E-state index in [1.165, 1.54) is 0 Å². The number of hydrogen-bond donors (Lipinski definition) is 2. The van der Waals surface area contributed by atoms with E-state index in [1.54, 1.807) is 0 Å². The summed E-state index contributed by atoms with van der Waals surface area (Å²) in [7, 11) is 0. The van der Waals surface area contributed by atoms with Crippen LogP contribution in [0.1, 0.15) is 16.7 Å². The number of ether oxygens (including phenoxy) is 1. The van der Waals surface area contributed by atoms with Crippen LogP contribution in [0, 0.1) is 13.8 Å². The Bertz CT molecular complexity index is 1020. The van der Waals surface area contributed by atoms with Crippen molar-refractivity contribution >= 4 is 38.5 Å². The van der Waals surface area contributed by atoms with Crippen LogP contribution in [-0.4, -0.2) is 18.4 Å². The van der Waals surface area contributed by atoms with Gasteiger partial charge in [0.25, 0.3) is 5.84 Å². The Morgan fingerprint density at radius 2 is 1.75 bits per heavy atom. The van der Waals surface area contributed by atoms with Crippen LogP contribution in [0.3, 0.4) is 0 Å². The van der Waals surface area contributed by atoms with Gasteiger partial charge in [0.05, 0.1) is 6.42 Å². The fourth-order valence-corrected chi connectivity index (χ4v) is 3.20. The second kappa shape index (κ2) is 8.89. The van der Waals surface area contributed by atoms with Crippen molar-refractivity contribution in [3.63, 3.8) is 0 Å². The van der Waals surface area contributed by atoms with Crippen molar-refractivity contribution in [2.45, 2.75) is 20.3 Å². The summed E-state index contributed by atoms with van der Waals surface area (Å²) in [4.78, 5) is 16.9. The Kier molecular flexibility index (Phi) is 6.31. The zero-order chi connectivity index (χ0) is 20.1. The van der Waals surface area contributed by atoms with Gasteiger partial charge in [0.15, 0.2) is 6.61 Å². The second-order valence-corrected chi connectivity index (χ2v) is 7.37. The van der Waals surface area contributed by atoms with Crippen molar-refractivity contribution in [2.75, 3.05) is 6.61 Å². The van der Waals surface area contributed by atoms with E-state index < -0.39 is 5.97 Å². The maximum absolute atomic E-state index is 11.9. The monoisotopic (exact) mass is 441 g/mol. The number of nitrogens with two attached hydrogens (primary N) is 1. The normalized spacial score (nSPS) is 11.5. The first-order valence-corrected chi connectivity index (χ1v) is 9.66. The lowest BCUT2D eigenvalue weighted by Gasteiger charge is -2.08. The Balaban J connectivity index is 1.58. The molecule has 3 N–H and O–H groups in total. The number of carbonyl (C=O) groups excluding carboxylic acids is 1. The van der Waals surface area contributed by atoms with E-state index in [0.29, 0.717) is 18.0 Å². The molecule has 0 spiro atoms. The SMILES string of the molecule is Cc1cc(OCC(=O)O[NH+]=C(N)Cc2cccc3ccccc23)cc(C)c1Br. The number of nitrogens with one attached hydrogen (secondary N) is 1. The molecule has 0 heterocycles. The van der Waals surface area contributed by atoms with Gasteiger partial charge < -0.3 is 4.74 Å². The smallest absolute Gasteiger partial charge is 0.394 e. The molecule has 28 heavy (non-hydrogen) atoms. The maximum Gasteiger partial charge on any atom is 0.394 e. The number of carbonyl (C=O) groups is 1. The van der Waals surface area contributed by atoms with Crippen LogP contribution in [0.2, 0.25) is 0 Å². The highest BCUT2D eigenvalue weighted by atomic mass is 79.9. The second-order valence-electron chi connectivity index (χ2n) is 6.58. The number of hydrogen-bond acceptors (Lipinski definition) is 3. The first-order chi connectivity index (χ1) is 13.4. The highest BCUT2D eigenvalue weighted by molar-refractivity contribution is 9.10. The van der Waals surface area contributed by atoms with Gasteiger partial charge >= 0.3 is 5.97 Å². The van der Waals surface area contributed by atoms with E-state index in [1.807, 2.05) is 68.4 Å². The molecule has 0 aliphatic heterocycles. The number of benzene rings is 3. The molecular weight excluding hydrogens is 420 g/mol. The van der Waals surface area contributed by atoms with Gasteiger partial charge in [-0.2, -0.15) is 0 Å². The van der Waals surface area contributed by atoms with Crippen molar-refractivity contribution in [3.05, 3.63) is 75.8 Å². The molecule has 6 heteroatoms. The minimum Gasteiger partial charge on any atom is -0.482 e. The lowest BCUT2D eigenvalue weighted by atomic mass is 10.0. The average molecular weight is 442 g/mol. The van der Waals surface area contributed by atoms with Crippen molar-refractivity contribution in [2.24, 2.45) is 5.73 Å². The summed E-state index contributed by atoms with van der Waals surface area (Å²) < 4.78 is 6.53. The maximum atomic E-state index is 11.9. The van der Waals surface area contributed by atoms with E-state index in [-0.39, 0.29) is 6.61 Å². The van der Waals surface area contributed by atoms with Crippen molar-refractivity contribution in [3.8, 4) is 5.75 Å². The summed E-state index contributed by atoms with van der Waals surface area (Å²) >= 11 is 3.50. The van der Waals surface area contributed by atoms with Crippen LogP contribution in [0.4, 0.5) is 0 Å². The molecule has 0 amide bonds. The number of fused-ring (bicyclic) bond motifs is 1. The molecular formula is C22H22BrN2O3+. The minimum absolute atomic E-state index is 0.213. The molecule has 0 saturated carbocycles. The van der Waals surface area contributed by atoms with Gasteiger partial charge in [-0.05, 0) is 53.4 Å². The molecule has 5 nitrogen and oxygen atoms in total. The minimum atomic E-state index is -0.556. The third-order valence-electron chi connectivity index (χ3n) is 4.32. The van der Waals surface area contributed by atoms with Crippen molar-refractivity contribution < 1.29 is 19.5 Å². The van der Waals surface area contributed by atoms with Gasteiger partial charge in [0.2, 0.25) is 0 Å². The summed E-state index contributed by atoms with van der Waals surface area (Å²) in [5.41, 5.74) is 9.12. The number of amidine groups is 1. The molecule has 0 unspecified atom stereocenters. The molecule has 3 aromatic carbocycles. The molecule has 0 aliphatic rings. The van der Waals surface area contributed by atoms with Gasteiger partial charge in [-0.15, -0.1) is 0 Å². The Morgan fingerprint density at radius 3 is 2.50 bits per heavy atom. The summed E-state index contributed by atoms with van der Waals surface area (Å²) in [5.74, 6) is 0.405. The van der Waals surface area contributed by atoms with Crippen LogP contribution >= 0.6 is 15.9 Å². The van der Waals surface area contributed by atoms with Crippen molar-refractivity contribution in [1.29, 1.82) is 0 Å². The van der Waals surface area contributed by atoms with Gasteiger partial charge in [-0.3, -0.25) is 10.6 Å². The summed E-state index contributed by atoms with van der Waals surface area (Å²) in [6.45, 7) is 3.72. The summed E-state index contributed by atoms with van der Waals surface area (Å²) in [6, 6.07) is 17.8. The lowest BCUT2D eigenvalue weighted by Crippen LogP contribution is -2.76. The van der Waals surface area contributed by atoms with Gasteiger partial charge in [-0.25, -0.2) is 4.79 Å². The quantitative estimate of drug-likeness (QED) is 0.267. The highest BCUT2D eigenvalue weighted by Crippen LogP contribution is 2.26. The molecule has 0 radical (unpaired) electrons. The predicted octanol–water partition coefficient (Wildman–Crippen LogP) is 2.74. The molecule has 3 aromatic rings. The van der Waals surface area contributed by atoms with E-state index >= 15 is 0 Å². The molecule has 0 aromatic heterocycles. The first-order valence-electron chi connectivity index (χ1n) is 8.87. The molecule has 0 saturated heterocycles. The zero-order valence-electron chi connectivity index (χ0n) is 15.8.